The minimum Gasteiger partial charge on any atom is -0.494 e. The van der Waals surface area contributed by atoms with Crippen molar-refractivity contribution in [3.05, 3.63) is 11.5 Å². The van der Waals surface area contributed by atoms with Gasteiger partial charge in [-0.2, -0.15) is 0 Å². The molecule has 0 aromatic heterocycles. The highest BCUT2D eigenvalue weighted by Crippen LogP contribution is 2.07. The maximum absolute atomic E-state index is 11.2. The standard InChI is InChI=1S/C7H9N3O6/c11-2(12)1-8-4(13)3-5(14)9-7(16)10-6(3)15/h5,8,13-14H,1H2,(H,11,12)(H2,9,10,15,16). The molecule has 16 heavy (non-hydrogen) atoms. The summed E-state index contributed by atoms with van der Waals surface area (Å²) in [5.41, 5.74) is -0.555. The lowest BCUT2D eigenvalue weighted by molar-refractivity contribution is -0.136. The van der Waals surface area contributed by atoms with Gasteiger partial charge in [0.2, 0.25) is 0 Å². The first kappa shape index (κ1) is 11.8. The lowest BCUT2D eigenvalue weighted by atomic mass is 10.2. The molecule has 9 nitrogen and oxygen atoms in total. The van der Waals surface area contributed by atoms with Crippen molar-refractivity contribution in [1.29, 1.82) is 0 Å². The third kappa shape index (κ3) is 2.60. The summed E-state index contributed by atoms with van der Waals surface area (Å²) in [5.74, 6) is -3.08. The van der Waals surface area contributed by atoms with Crippen LogP contribution in [-0.2, 0) is 9.59 Å². The number of urea groups is 1. The third-order valence-electron chi connectivity index (χ3n) is 1.68. The molecule has 1 rings (SSSR count). The Balaban J connectivity index is 2.82. The number of carbonyl (C=O) groups excluding carboxylic acids is 2. The number of rotatable bonds is 3. The van der Waals surface area contributed by atoms with Gasteiger partial charge in [-0.3, -0.25) is 14.9 Å². The van der Waals surface area contributed by atoms with Crippen molar-refractivity contribution in [2.45, 2.75) is 6.23 Å². The second-order valence-corrected chi connectivity index (χ2v) is 2.84. The van der Waals surface area contributed by atoms with Crippen molar-refractivity contribution in [3.8, 4) is 0 Å². The zero-order valence-corrected chi connectivity index (χ0v) is 7.85. The Hall–Kier alpha value is -2.29. The fourth-order valence-corrected chi connectivity index (χ4v) is 1.02. The molecule has 1 fully saturated rings. The minimum atomic E-state index is -1.69. The van der Waals surface area contributed by atoms with E-state index >= 15 is 0 Å². The summed E-state index contributed by atoms with van der Waals surface area (Å²) in [7, 11) is 0. The number of carbonyl (C=O) groups is 3. The molecule has 0 aliphatic carbocycles. The molecule has 1 saturated heterocycles. The minimum absolute atomic E-state index is 0.555. The average molecular weight is 231 g/mol. The Labute approximate surface area is 88.8 Å². The first-order chi connectivity index (χ1) is 7.41. The number of nitrogens with one attached hydrogen (secondary N) is 3. The quantitative estimate of drug-likeness (QED) is 0.234. The predicted molar refractivity (Wildman–Crippen MR) is 48.0 cm³/mol. The topological polar surface area (TPSA) is 148 Å². The van der Waals surface area contributed by atoms with E-state index in [1.165, 1.54) is 0 Å². The first-order valence-corrected chi connectivity index (χ1v) is 4.10. The SMILES string of the molecule is O=C(O)CNC(O)=C1C(=O)NC(=O)NC1O. The van der Waals surface area contributed by atoms with E-state index in [0.717, 1.165) is 0 Å². The molecule has 1 atom stereocenters. The molecular formula is C7H9N3O6. The van der Waals surface area contributed by atoms with Crippen molar-refractivity contribution >= 4 is 17.9 Å². The maximum Gasteiger partial charge on any atom is 0.323 e. The summed E-state index contributed by atoms with van der Waals surface area (Å²) >= 11 is 0. The summed E-state index contributed by atoms with van der Waals surface area (Å²) in [4.78, 5) is 32.0. The first-order valence-electron chi connectivity index (χ1n) is 4.10. The molecule has 88 valence electrons. The predicted octanol–water partition coefficient (Wildman–Crippen LogP) is -2.41. The van der Waals surface area contributed by atoms with Crippen LogP contribution in [0.4, 0.5) is 4.79 Å². The van der Waals surface area contributed by atoms with Gasteiger partial charge in [-0.1, -0.05) is 0 Å². The highest BCUT2D eigenvalue weighted by molar-refractivity contribution is 6.07. The number of aliphatic carboxylic acids is 1. The molecular weight excluding hydrogens is 222 g/mol. The Kier molecular flexibility index (Phi) is 3.30. The van der Waals surface area contributed by atoms with Gasteiger partial charge < -0.3 is 26.0 Å². The summed E-state index contributed by atoms with van der Waals surface area (Å²) in [5, 5.41) is 32.5. The lowest BCUT2D eigenvalue weighted by Crippen LogP contribution is -2.55. The van der Waals surface area contributed by atoms with Crippen LogP contribution in [0.2, 0.25) is 0 Å². The zero-order chi connectivity index (χ0) is 12.3. The van der Waals surface area contributed by atoms with Crippen molar-refractivity contribution < 1.29 is 29.7 Å². The number of amides is 3. The fourth-order valence-electron chi connectivity index (χ4n) is 1.02. The summed E-state index contributed by atoms with van der Waals surface area (Å²) in [6.07, 6.45) is -1.69. The van der Waals surface area contributed by atoms with E-state index in [9.17, 15) is 24.6 Å². The second kappa shape index (κ2) is 4.49. The average Bonchev–Trinajstić information content (AvgIpc) is 2.12. The van der Waals surface area contributed by atoms with Crippen LogP contribution in [0.5, 0.6) is 0 Å². The maximum atomic E-state index is 11.2. The number of aliphatic hydroxyl groups is 2. The number of carboxylic acid groups (broad SMARTS) is 1. The summed E-state index contributed by atoms with van der Waals surface area (Å²) in [6.45, 7) is -0.636. The van der Waals surface area contributed by atoms with Crippen LogP contribution in [0.15, 0.2) is 11.5 Å². The second-order valence-electron chi connectivity index (χ2n) is 2.84. The van der Waals surface area contributed by atoms with Gasteiger partial charge in [-0.15, -0.1) is 0 Å². The molecule has 3 amide bonds. The van der Waals surface area contributed by atoms with E-state index < -0.39 is 42.1 Å². The van der Waals surface area contributed by atoms with E-state index in [1.807, 2.05) is 10.6 Å². The molecule has 1 aliphatic rings. The summed E-state index contributed by atoms with van der Waals surface area (Å²) < 4.78 is 0. The number of aliphatic hydroxyl groups excluding tert-OH is 2. The number of carboxylic acids is 1. The molecule has 1 aliphatic heterocycles. The van der Waals surface area contributed by atoms with E-state index in [-0.39, 0.29) is 0 Å². The smallest absolute Gasteiger partial charge is 0.323 e. The van der Waals surface area contributed by atoms with Crippen LogP contribution in [0.1, 0.15) is 0 Å². The number of hydrogen-bond acceptors (Lipinski definition) is 6. The van der Waals surface area contributed by atoms with E-state index in [1.54, 1.807) is 5.32 Å². The van der Waals surface area contributed by atoms with Crippen LogP contribution in [0.3, 0.4) is 0 Å². The van der Waals surface area contributed by atoms with Crippen molar-refractivity contribution in [2.24, 2.45) is 0 Å². The van der Waals surface area contributed by atoms with Crippen LogP contribution >= 0.6 is 0 Å². The summed E-state index contributed by atoms with van der Waals surface area (Å²) in [6, 6.07) is -0.910. The van der Waals surface area contributed by atoms with E-state index in [4.69, 9.17) is 5.11 Å². The van der Waals surface area contributed by atoms with Crippen LogP contribution < -0.4 is 16.0 Å². The molecule has 0 spiro atoms. The molecule has 0 bridgehead atoms. The van der Waals surface area contributed by atoms with Gasteiger partial charge in [0.15, 0.2) is 12.1 Å². The number of imide groups is 1. The molecule has 0 aromatic rings. The molecule has 0 radical (unpaired) electrons. The van der Waals surface area contributed by atoms with Crippen LogP contribution in [-0.4, -0.2) is 46.0 Å². The third-order valence-corrected chi connectivity index (χ3v) is 1.68. The molecule has 1 unspecified atom stereocenters. The van der Waals surface area contributed by atoms with Crippen molar-refractivity contribution in [1.82, 2.24) is 16.0 Å². The Bertz CT molecular complexity index is 376. The largest absolute Gasteiger partial charge is 0.494 e. The van der Waals surface area contributed by atoms with Gasteiger partial charge in [0.05, 0.1) is 0 Å². The molecule has 0 saturated carbocycles. The van der Waals surface area contributed by atoms with Gasteiger partial charge in [0, 0.05) is 0 Å². The van der Waals surface area contributed by atoms with Gasteiger partial charge in [0.25, 0.3) is 5.91 Å². The molecule has 0 aromatic carbocycles. The van der Waals surface area contributed by atoms with Gasteiger partial charge in [-0.05, 0) is 0 Å². The monoisotopic (exact) mass is 231 g/mol. The van der Waals surface area contributed by atoms with Gasteiger partial charge >= 0.3 is 12.0 Å². The van der Waals surface area contributed by atoms with Crippen LogP contribution in [0, 0.1) is 0 Å². The van der Waals surface area contributed by atoms with Crippen LogP contribution in [0.25, 0.3) is 0 Å². The zero-order valence-electron chi connectivity index (χ0n) is 7.85. The van der Waals surface area contributed by atoms with Crippen molar-refractivity contribution in [2.75, 3.05) is 6.54 Å². The molecule has 1 heterocycles. The number of hydrogen-bond donors (Lipinski definition) is 6. The molecule has 9 heteroatoms. The highest BCUT2D eigenvalue weighted by atomic mass is 16.4. The van der Waals surface area contributed by atoms with Crippen molar-refractivity contribution in [3.63, 3.8) is 0 Å². The Morgan fingerprint density at radius 3 is 2.50 bits per heavy atom. The normalized spacial score (nSPS) is 23.2. The van der Waals surface area contributed by atoms with Gasteiger partial charge in [-0.25, -0.2) is 4.79 Å². The van der Waals surface area contributed by atoms with E-state index in [2.05, 4.69) is 0 Å². The van der Waals surface area contributed by atoms with E-state index in [0.29, 0.717) is 0 Å². The lowest BCUT2D eigenvalue weighted by Gasteiger charge is -2.22. The van der Waals surface area contributed by atoms with Gasteiger partial charge in [0.1, 0.15) is 12.1 Å². The molecule has 6 N–H and O–H groups in total. The highest BCUT2D eigenvalue weighted by Gasteiger charge is 2.31. The fraction of sp³-hybridized carbons (Fsp3) is 0.286. The Morgan fingerprint density at radius 2 is 2.00 bits per heavy atom. The Morgan fingerprint density at radius 1 is 1.38 bits per heavy atom.